The van der Waals surface area contributed by atoms with Crippen molar-refractivity contribution >= 4 is 11.5 Å². The molecule has 0 N–H and O–H groups in total. The van der Waals surface area contributed by atoms with E-state index in [1.807, 2.05) is 43.5 Å². The van der Waals surface area contributed by atoms with Crippen molar-refractivity contribution in [1.82, 2.24) is 19.1 Å². The number of ether oxygens (including phenoxy) is 2. The lowest BCUT2D eigenvalue weighted by Gasteiger charge is -2.04. The van der Waals surface area contributed by atoms with E-state index in [1.165, 1.54) is 11.5 Å². The molecule has 7 heteroatoms. The van der Waals surface area contributed by atoms with Crippen molar-refractivity contribution in [1.29, 1.82) is 0 Å². The molecule has 0 spiro atoms. The fraction of sp³-hybridized carbons (Fsp3) is 0.214. The zero-order chi connectivity index (χ0) is 14.7. The molecular weight excluding hydrogens is 288 g/mol. The molecule has 0 aliphatic heterocycles. The molecule has 1 aromatic carbocycles. The number of rotatable bonds is 5. The normalized spacial score (nSPS) is 12.3. The third kappa shape index (κ3) is 3.09. The van der Waals surface area contributed by atoms with Gasteiger partial charge in [-0.05, 0) is 37.3 Å². The maximum Gasteiger partial charge on any atom is 0.298 e. The molecule has 1 unspecified atom stereocenters. The minimum absolute atomic E-state index is 0.138. The molecule has 6 nitrogen and oxygen atoms in total. The molecule has 21 heavy (non-hydrogen) atoms. The monoisotopic (exact) mass is 302 g/mol. The van der Waals surface area contributed by atoms with Crippen LogP contribution in [0.4, 0.5) is 0 Å². The van der Waals surface area contributed by atoms with Crippen LogP contribution in [0.5, 0.6) is 10.9 Å². The van der Waals surface area contributed by atoms with Crippen molar-refractivity contribution in [2.45, 2.75) is 13.0 Å². The van der Waals surface area contributed by atoms with Gasteiger partial charge in [-0.25, -0.2) is 4.68 Å². The fourth-order valence-electron chi connectivity index (χ4n) is 1.72. The molecule has 0 fully saturated rings. The average Bonchev–Trinajstić information content (AvgIpc) is 3.18. The van der Waals surface area contributed by atoms with Gasteiger partial charge in [0.15, 0.2) is 5.82 Å². The van der Waals surface area contributed by atoms with Crippen LogP contribution < -0.4 is 4.74 Å². The zero-order valence-electron chi connectivity index (χ0n) is 11.6. The minimum Gasteiger partial charge on any atom is -0.430 e. The van der Waals surface area contributed by atoms with Crippen LogP contribution in [0, 0.1) is 0 Å². The summed E-state index contributed by atoms with van der Waals surface area (Å²) in [6.45, 7) is 1.89. The molecule has 0 amide bonds. The van der Waals surface area contributed by atoms with Gasteiger partial charge in [0.2, 0.25) is 0 Å². The van der Waals surface area contributed by atoms with Gasteiger partial charge >= 0.3 is 0 Å². The van der Waals surface area contributed by atoms with Gasteiger partial charge in [0.1, 0.15) is 11.9 Å². The standard InChI is InChI=1S/C14H14N4O2S/c1-10(19-2)13-16-14(21-17-13)20-12-6-4-11(5-7-12)18-9-3-8-15-18/h3-10H,1-2H3. The summed E-state index contributed by atoms with van der Waals surface area (Å²) in [5, 5.41) is 4.67. The van der Waals surface area contributed by atoms with Gasteiger partial charge in [0, 0.05) is 31.0 Å². The average molecular weight is 302 g/mol. The van der Waals surface area contributed by atoms with Gasteiger partial charge in [0.05, 0.1) is 5.69 Å². The van der Waals surface area contributed by atoms with Crippen molar-refractivity contribution in [2.24, 2.45) is 0 Å². The molecule has 0 aliphatic carbocycles. The van der Waals surface area contributed by atoms with Crippen LogP contribution in [0.15, 0.2) is 42.7 Å². The van der Waals surface area contributed by atoms with Crippen LogP contribution in [0.3, 0.4) is 0 Å². The minimum atomic E-state index is -0.138. The fourth-order valence-corrected chi connectivity index (χ4v) is 2.35. The largest absolute Gasteiger partial charge is 0.430 e. The Labute approximate surface area is 126 Å². The molecule has 3 rings (SSSR count). The van der Waals surface area contributed by atoms with Gasteiger partial charge in [0.25, 0.3) is 5.19 Å². The van der Waals surface area contributed by atoms with Crippen molar-refractivity contribution in [3.05, 3.63) is 48.5 Å². The van der Waals surface area contributed by atoms with E-state index < -0.39 is 0 Å². The van der Waals surface area contributed by atoms with Gasteiger partial charge < -0.3 is 9.47 Å². The molecule has 1 atom stereocenters. The molecule has 0 saturated heterocycles. The number of hydrogen-bond donors (Lipinski definition) is 0. The maximum absolute atomic E-state index is 5.69. The van der Waals surface area contributed by atoms with Crippen molar-refractivity contribution in [3.63, 3.8) is 0 Å². The second-order valence-electron chi connectivity index (χ2n) is 4.34. The summed E-state index contributed by atoms with van der Waals surface area (Å²) in [5.74, 6) is 1.34. The summed E-state index contributed by atoms with van der Waals surface area (Å²) < 4.78 is 16.9. The zero-order valence-corrected chi connectivity index (χ0v) is 12.4. The van der Waals surface area contributed by atoms with Crippen LogP contribution in [-0.4, -0.2) is 26.2 Å². The molecule has 0 bridgehead atoms. The van der Waals surface area contributed by atoms with Gasteiger partial charge in [-0.3, -0.25) is 0 Å². The highest BCUT2D eigenvalue weighted by atomic mass is 32.1. The lowest BCUT2D eigenvalue weighted by molar-refractivity contribution is 0.113. The van der Waals surface area contributed by atoms with E-state index in [0.29, 0.717) is 16.8 Å². The summed E-state index contributed by atoms with van der Waals surface area (Å²) in [6, 6.07) is 9.49. The molecule has 0 aliphatic rings. The lowest BCUT2D eigenvalue weighted by Crippen LogP contribution is -1.97. The first-order valence-electron chi connectivity index (χ1n) is 6.40. The number of methoxy groups -OCH3 is 1. The second kappa shape index (κ2) is 6.02. The molecule has 0 saturated carbocycles. The molecule has 108 valence electrons. The van der Waals surface area contributed by atoms with Crippen LogP contribution in [0.2, 0.25) is 0 Å². The van der Waals surface area contributed by atoms with Gasteiger partial charge in [-0.15, -0.1) is 0 Å². The van der Waals surface area contributed by atoms with Crippen LogP contribution in [0.25, 0.3) is 5.69 Å². The highest BCUT2D eigenvalue weighted by molar-refractivity contribution is 7.07. The summed E-state index contributed by atoms with van der Waals surface area (Å²) in [4.78, 5) is 4.29. The highest BCUT2D eigenvalue weighted by Crippen LogP contribution is 2.26. The topological polar surface area (TPSA) is 62.1 Å². The first-order chi connectivity index (χ1) is 10.3. The Hall–Kier alpha value is -2.25. The molecule has 2 heterocycles. The third-order valence-corrected chi connectivity index (χ3v) is 3.56. The summed E-state index contributed by atoms with van der Waals surface area (Å²) in [7, 11) is 1.63. The Morgan fingerprint density at radius 3 is 2.71 bits per heavy atom. The van der Waals surface area contributed by atoms with E-state index in [9.17, 15) is 0 Å². The van der Waals surface area contributed by atoms with Gasteiger partial charge in [-0.1, -0.05) is 0 Å². The Bertz CT molecular complexity index is 694. The van der Waals surface area contributed by atoms with Crippen LogP contribution in [-0.2, 0) is 4.74 Å². The van der Waals surface area contributed by atoms with Crippen molar-refractivity contribution < 1.29 is 9.47 Å². The number of hydrogen-bond acceptors (Lipinski definition) is 6. The quantitative estimate of drug-likeness (QED) is 0.724. The number of nitrogens with zero attached hydrogens (tertiary/aromatic N) is 4. The first-order valence-corrected chi connectivity index (χ1v) is 7.18. The third-order valence-electron chi connectivity index (χ3n) is 2.95. The van der Waals surface area contributed by atoms with E-state index in [2.05, 4.69) is 14.5 Å². The van der Waals surface area contributed by atoms with E-state index in [0.717, 1.165) is 5.69 Å². The predicted octanol–water partition coefficient (Wildman–Crippen LogP) is 3.22. The molecular formula is C14H14N4O2S. The Morgan fingerprint density at radius 2 is 2.05 bits per heavy atom. The molecule has 3 aromatic rings. The molecule has 2 aromatic heterocycles. The van der Waals surface area contributed by atoms with Crippen LogP contribution >= 0.6 is 11.5 Å². The van der Waals surface area contributed by atoms with E-state index >= 15 is 0 Å². The van der Waals surface area contributed by atoms with Crippen LogP contribution in [0.1, 0.15) is 18.9 Å². The van der Waals surface area contributed by atoms with E-state index in [4.69, 9.17) is 9.47 Å². The number of aromatic nitrogens is 4. The Balaban J connectivity index is 1.72. The lowest BCUT2D eigenvalue weighted by atomic mass is 10.3. The maximum atomic E-state index is 5.69. The Kier molecular flexibility index (Phi) is 3.94. The van der Waals surface area contributed by atoms with E-state index in [-0.39, 0.29) is 6.10 Å². The smallest absolute Gasteiger partial charge is 0.298 e. The summed E-state index contributed by atoms with van der Waals surface area (Å²) >= 11 is 1.21. The van der Waals surface area contributed by atoms with Crippen molar-refractivity contribution in [2.75, 3.05) is 7.11 Å². The SMILES string of the molecule is COC(C)c1nsc(Oc2ccc(-n3cccn3)cc2)n1. The first kappa shape index (κ1) is 13.7. The molecule has 0 radical (unpaired) electrons. The Morgan fingerprint density at radius 1 is 1.24 bits per heavy atom. The second-order valence-corrected chi connectivity index (χ2v) is 5.06. The number of benzene rings is 1. The van der Waals surface area contributed by atoms with E-state index in [1.54, 1.807) is 18.0 Å². The summed E-state index contributed by atoms with van der Waals surface area (Å²) in [5.41, 5.74) is 0.971. The summed E-state index contributed by atoms with van der Waals surface area (Å²) in [6.07, 6.45) is 3.49. The predicted molar refractivity (Wildman–Crippen MR) is 79.0 cm³/mol. The van der Waals surface area contributed by atoms with Crippen molar-refractivity contribution in [3.8, 4) is 16.6 Å². The van der Waals surface area contributed by atoms with Gasteiger partial charge in [-0.2, -0.15) is 14.5 Å². The highest BCUT2D eigenvalue weighted by Gasteiger charge is 2.12.